The summed E-state index contributed by atoms with van der Waals surface area (Å²) in [6, 6.07) is 20.6. The summed E-state index contributed by atoms with van der Waals surface area (Å²) in [6.45, 7) is 4.20. The van der Waals surface area contributed by atoms with Gasteiger partial charge in [0.15, 0.2) is 0 Å². The molecule has 0 spiro atoms. The van der Waals surface area contributed by atoms with Crippen LogP contribution in [0.15, 0.2) is 79.1 Å². The molecule has 0 aliphatic carbocycles. The van der Waals surface area contributed by atoms with Crippen LogP contribution in [0.5, 0.6) is 0 Å². The Labute approximate surface area is 223 Å². The fourth-order valence-electron chi connectivity index (χ4n) is 3.90. The molecule has 4 aromatic rings. The molecule has 1 amide bonds. The summed E-state index contributed by atoms with van der Waals surface area (Å²) in [5.74, 6) is -1.03. The molecule has 3 aromatic carbocycles. The Balaban J connectivity index is 0.00000228. The smallest absolute Gasteiger partial charge is 0.338 e. The SMILES string of the molecule is Cc1ccc(C(=O)OCc2ccc([C@@H](CN)C(=O)Nc3ccc4cnccc4c3)cc2)c(C)c1.Cl.Cl. The predicted molar refractivity (Wildman–Crippen MR) is 148 cm³/mol. The molecule has 3 N–H and O–H groups in total. The lowest BCUT2D eigenvalue weighted by molar-refractivity contribution is -0.117. The number of ether oxygens (including phenoxy) is 1. The molecule has 188 valence electrons. The van der Waals surface area contributed by atoms with E-state index in [2.05, 4.69) is 10.3 Å². The number of aryl methyl sites for hydroxylation is 2. The third kappa shape index (κ3) is 6.82. The molecule has 0 aliphatic heterocycles. The number of nitrogens with zero attached hydrogens (tertiary/aromatic N) is 1. The number of nitrogens with one attached hydrogen (secondary N) is 1. The number of hydrogen-bond acceptors (Lipinski definition) is 5. The molecule has 8 heteroatoms. The lowest BCUT2D eigenvalue weighted by atomic mass is 9.97. The van der Waals surface area contributed by atoms with Crippen molar-refractivity contribution >= 4 is 53.2 Å². The van der Waals surface area contributed by atoms with Crippen LogP contribution in [0.25, 0.3) is 10.8 Å². The second-order valence-corrected chi connectivity index (χ2v) is 8.35. The molecule has 0 bridgehead atoms. The van der Waals surface area contributed by atoms with Crippen molar-refractivity contribution in [1.29, 1.82) is 0 Å². The van der Waals surface area contributed by atoms with Crippen LogP contribution in [-0.4, -0.2) is 23.4 Å². The number of rotatable bonds is 7. The molecule has 1 aromatic heterocycles. The van der Waals surface area contributed by atoms with Crippen molar-refractivity contribution < 1.29 is 14.3 Å². The van der Waals surface area contributed by atoms with E-state index >= 15 is 0 Å². The number of pyridine rings is 1. The molecule has 0 radical (unpaired) electrons. The Kier molecular flexibility index (Phi) is 10.4. The monoisotopic (exact) mass is 525 g/mol. The zero-order chi connectivity index (χ0) is 24.1. The first-order valence-electron chi connectivity index (χ1n) is 11.1. The largest absolute Gasteiger partial charge is 0.457 e. The van der Waals surface area contributed by atoms with Gasteiger partial charge in [-0.3, -0.25) is 9.78 Å². The number of amides is 1. The van der Waals surface area contributed by atoms with Gasteiger partial charge in [0, 0.05) is 30.0 Å². The number of benzene rings is 3. The molecule has 0 saturated carbocycles. The van der Waals surface area contributed by atoms with Gasteiger partial charge in [-0.25, -0.2) is 4.79 Å². The van der Waals surface area contributed by atoms with Crippen LogP contribution in [-0.2, 0) is 16.1 Å². The van der Waals surface area contributed by atoms with E-state index in [1.165, 1.54) is 0 Å². The Morgan fingerprint density at radius 2 is 1.69 bits per heavy atom. The molecular weight excluding hydrogens is 497 g/mol. The molecule has 1 atom stereocenters. The van der Waals surface area contributed by atoms with E-state index < -0.39 is 5.92 Å². The van der Waals surface area contributed by atoms with Gasteiger partial charge in [0.2, 0.25) is 5.91 Å². The van der Waals surface area contributed by atoms with E-state index in [9.17, 15) is 9.59 Å². The van der Waals surface area contributed by atoms with E-state index in [1.807, 2.05) is 74.5 Å². The van der Waals surface area contributed by atoms with E-state index in [4.69, 9.17) is 10.5 Å². The minimum absolute atomic E-state index is 0. The summed E-state index contributed by atoms with van der Waals surface area (Å²) in [5.41, 5.74) is 10.8. The highest BCUT2D eigenvalue weighted by Crippen LogP contribution is 2.22. The molecule has 0 saturated heterocycles. The maximum Gasteiger partial charge on any atom is 0.338 e. The molecule has 4 rings (SSSR count). The van der Waals surface area contributed by atoms with Crippen molar-refractivity contribution in [1.82, 2.24) is 4.98 Å². The normalized spacial score (nSPS) is 11.1. The minimum atomic E-state index is -0.500. The van der Waals surface area contributed by atoms with Gasteiger partial charge in [-0.2, -0.15) is 0 Å². The molecule has 0 aliphatic rings. The summed E-state index contributed by atoms with van der Waals surface area (Å²) in [5, 5.41) is 4.96. The summed E-state index contributed by atoms with van der Waals surface area (Å²) < 4.78 is 5.48. The molecule has 36 heavy (non-hydrogen) atoms. The summed E-state index contributed by atoms with van der Waals surface area (Å²) in [7, 11) is 0. The summed E-state index contributed by atoms with van der Waals surface area (Å²) in [6.07, 6.45) is 3.50. The third-order valence-electron chi connectivity index (χ3n) is 5.81. The van der Waals surface area contributed by atoms with Crippen molar-refractivity contribution in [2.24, 2.45) is 5.73 Å². The number of aromatic nitrogens is 1. The first-order valence-corrected chi connectivity index (χ1v) is 11.1. The van der Waals surface area contributed by atoms with Crippen LogP contribution < -0.4 is 11.1 Å². The maximum absolute atomic E-state index is 12.9. The summed E-state index contributed by atoms with van der Waals surface area (Å²) >= 11 is 0. The molecule has 0 unspecified atom stereocenters. The van der Waals surface area contributed by atoms with E-state index in [-0.39, 0.29) is 49.8 Å². The molecule has 0 fully saturated rings. The number of esters is 1. The Hall–Kier alpha value is -3.45. The van der Waals surface area contributed by atoms with Gasteiger partial charge in [-0.05, 0) is 60.2 Å². The van der Waals surface area contributed by atoms with Gasteiger partial charge in [0.05, 0.1) is 11.5 Å². The lowest BCUT2D eigenvalue weighted by Crippen LogP contribution is -2.27. The lowest BCUT2D eigenvalue weighted by Gasteiger charge is -2.16. The van der Waals surface area contributed by atoms with Crippen molar-refractivity contribution in [3.8, 4) is 0 Å². The fraction of sp³-hybridized carbons (Fsp3) is 0.179. The van der Waals surface area contributed by atoms with E-state index in [0.717, 1.165) is 33.0 Å². The Morgan fingerprint density at radius 1 is 0.944 bits per heavy atom. The number of fused-ring (bicyclic) bond motifs is 1. The highest BCUT2D eigenvalue weighted by molar-refractivity contribution is 5.98. The van der Waals surface area contributed by atoms with Crippen LogP contribution >= 0.6 is 24.8 Å². The zero-order valence-electron chi connectivity index (χ0n) is 20.1. The fourth-order valence-corrected chi connectivity index (χ4v) is 3.90. The highest BCUT2D eigenvalue weighted by Gasteiger charge is 2.19. The highest BCUT2D eigenvalue weighted by atomic mass is 35.5. The van der Waals surface area contributed by atoms with Crippen LogP contribution in [0.3, 0.4) is 0 Å². The number of halogens is 2. The van der Waals surface area contributed by atoms with Crippen LogP contribution in [0.4, 0.5) is 5.69 Å². The quantitative estimate of drug-likeness (QED) is 0.300. The van der Waals surface area contributed by atoms with Gasteiger partial charge >= 0.3 is 5.97 Å². The molecule has 6 nitrogen and oxygen atoms in total. The van der Waals surface area contributed by atoms with Crippen molar-refractivity contribution in [3.05, 3.63) is 107 Å². The average molecular weight is 526 g/mol. The van der Waals surface area contributed by atoms with Crippen LogP contribution in [0.1, 0.15) is 38.5 Å². The topological polar surface area (TPSA) is 94.3 Å². The number of nitrogens with two attached hydrogens (primary N) is 1. The second-order valence-electron chi connectivity index (χ2n) is 8.35. The zero-order valence-corrected chi connectivity index (χ0v) is 21.7. The van der Waals surface area contributed by atoms with Crippen molar-refractivity contribution in [2.75, 3.05) is 11.9 Å². The van der Waals surface area contributed by atoms with E-state index in [1.54, 1.807) is 18.5 Å². The number of hydrogen-bond donors (Lipinski definition) is 2. The van der Waals surface area contributed by atoms with E-state index in [0.29, 0.717) is 11.3 Å². The number of carbonyl (C=O) groups is 2. The Bertz CT molecular complexity index is 1340. The third-order valence-corrected chi connectivity index (χ3v) is 5.81. The van der Waals surface area contributed by atoms with Gasteiger partial charge in [-0.15, -0.1) is 24.8 Å². The number of anilines is 1. The van der Waals surface area contributed by atoms with Gasteiger partial charge in [-0.1, -0.05) is 48.0 Å². The van der Waals surface area contributed by atoms with Gasteiger partial charge in [0.1, 0.15) is 6.61 Å². The summed E-state index contributed by atoms with van der Waals surface area (Å²) in [4.78, 5) is 29.4. The Morgan fingerprint density at radius 3 is 2.39 bits per heavy atom. The first kappa shape index (κ1) is 28.8. The van der Waals surface area contributed by atoms with Gasteiger partial charge in [0.25, 0.3) is 0 Å². The molecular formula is C28H29Cl2N3O3. The standard InChI is InChI=1S/C28H27N3O3.2ClH/c1-18-3-10-25(19(2)13-18)28(33)34-17-20-4-6-21(7-5-20)26(15-29)27(32)31-24-9-8-23-16-30-12-11-22(23)14-24;;/h3-14,16,26H,15,17,29H2,1-2H3,(H,31,32);2*1H/t26-;;/m1../s1. The first-order chi connectivity index (χ1) is 16.4. The second kappa shape index (κ2) is 13.0. The molecule has 1 heterocycles. The maximum atomic E-state index is 12.9. The number of carbonyl (C=O) groups excluding carboxylic acids is 2. The minimum Gasteiger partial charge on any atom is -0.457 e. The van der Waals surface area contributed by atoms with Crippen molar-refractivity contribution in [3.63, 3.8) is 0 Å². The van der Waals surface area contributed by atoms with Crippen molar-refractivity contribution in [2.45, 2.75) is 26.4 Å². The predicted octanol–water partition coefficient (Wildman–Crippen LogP) is 5.73. The van der Waals surface area contributed by atoms with Gasteiger partial charge < -0.3 is 15.8 Å². The van der Waals surface area contributed by atoms with Crippen LogP contribution in [0.2, 0.25) is 0 Å². The average Bonchev–Trinajstić information content (AvgIpc) is 2.83. The van der Waals surface area contributed by atoms with Crippen LogP contribution in [0, 0.1) is 13.8 Å².